The first-order valence-electron chi connectivity index (χ1n) is 8.68. The van der Waals surface area contributed by atoms with Crippen LogP contribution in [0, 0.1) is 17.6 Å². The number of benzene rings is 1. The van der Waals surface area contributed by atoms with Crippen LogP contribution >= 0.6 is 0 Å². The van der Waals surface area contributed by atoms with Crippen LogP contribution in [0.15, 0.2) is 30.6 Å². The van der Waals surface area contributed by atoms with E-state index in [0.717, 1.165) is 18.6 Å². The van der Waals surface area contributed by atoms with Gasteiger partial charge in [0.15, 0.2) is 0 Å². The highest BCUT2D eigenvalue weighted by molar-refractivity contribution is 6.03. The Bertz CT molecular complexity index is 864. The van der Waals surface area contributed by atoms with Gasteiger partial charge in [-0.25, -0.2) is 8.78 Å². The molecule has 0 spiro atoms. The van der Waals surface area contributed by atoms with E-state index in [2.05, 4.69) is 4.98 Å². The summed E-state index contributed by atoms with van der Waals surface area (Å²) in [6, 6.07) is 2.91. The fraction of sp³-hybridized carbons (Fsp3) is 0.368. The maximum absolute atomic E-state index is 13.7. The lowest BCUT2D eigenvalue weighted by Gasteiger charge is -2.25. The Balaban J connectivity index is 2.08. The molecule has 1 N–H and O–H groups in total. The first-order chi connectivity index (χ1) is 13.1. The minimum Gasteiger partial charge on any atom is -0.370 e. The average Bonchev–Trinajstić information content (AvgIpc) is 3.03. The van der Waals surface area contributed by atoms with Crippen LogP contribution in [0.25, 0.3) is 11.1 Å². The van der Waals surface area contributed by atoms with Crippen molar-refractivity contribution in [3.63, 3.8) is 0 Å². The predicted molar refractivity (Wildman–Crippen MR) is 94.0 cm³/mol. The monoisotopic (exact) mass is 399 g/mol. The van der Waals surface area contributed by atoms with Crippen molar-refractivity contribution < 1.29 is 26.7 Å². The lowest BCUT2D eigenvalue weighted by molar-refractivity contribution is -0.123. The van der Waals surface area contributed by atoms with Crippen molar-refractivity contribution in [1.82, 2.24) is 10.3 Å². The quantitative estimate of drug-likeness (QED) is 0.786. The van der Waals surface area contributed by atoms with Crippen molar-refractivity contribution >= 4 is 11.6 Å². The van der Waals surface area contributed by atoms with Gasteiger partial charge in [-0.05, 0) is 30.0 Å². The fourth-order valence-corrected chi connectivity index (χ4v) is 3.29. The second-order valence-electron chi connectivity index (χ2n) is 6.88. The number of alkyl halides is 3. The van der Waals surface area contributed by atoms with Gasteiger partial charge < -0.3 is 10.2 Å². The van der Waals surface area contributed by atoms with Gasteiger partial charge in [-0.1, -0.05) is 6.92 Å². The number of pyridine rings is 1. The third kappa shape index (κ3) is 4.58. The highest BCUT2D eigenvalue weighted by Gasteiger charge is 2.31. The van der Waals surface area contributed by atoms with E-state index >= 15 is 0 Å². The minimum absolute atomic E-state index is 0.0690. The Kier molecular flexibility index (Phi) is 5.53. The predicted octanol–water partition coefficient (Wildman–Crippen LogP) is 4.17. The van der Waals surface area contributed by atoms with Crippen molar-refractivity contribution in [1.29, 1.82) is 0 Å². The minimum atomic E-state index is -4.56. The number of hydrogen-bond donors (Lipinski definition) is 1. The molecule has 0 aliphatic carbocycles. The molecule has 3 rings (SSSR count). The van der Waals surface area contributed by atoms with Crippen LogP contribution in [0.2, 0.25) is 0 Å². The molecule has 28 heavy (non-hydrogen) atoms. The molecule has 1 aromatic heterocycles. The number of carbonyl (C=O) groups excluding carboxylic acids is 1. The van der Waals surface area contributed by atoms with Gasteiger partial charge >= 0.3 is 6.18 Å². The molecule has 2 heterocycles. The average molecular weight is 399 g/mol. The second kappa shape index (κ2) is 7.73. The molecule has 1 unspecified atom stereocenters. The van der Waals surface area contributed by atoms with Gasteiger partial charge in [0.25, 0.3) is 5.91 Å². The van der Waals surface area contributed by atoms with Crippen LogP contribution in [-0.4, -0.2) is 36.7 Å². The number of nitrogens with zero attached hydrogens (tertiary/aromatic N) is 2. The Labute approximate surface area is 158 Å². The van der Waals surface area contributed by atoms with E-state index in [1.807, 2.05) is 17.1 Å². The number of carbonyl (C=O) groups is 1. The molecule has 0 radical (unpaired) electrons. The molecule has 1 aliphatic rings. The van der Waals surface area contributed by atoms with Gasteiger partial charge in [0.1, 0.15) is 18.2 Å². The van der Waals surface area contributed by atoms with Crippen molar-refractivity contribution in [2.75, 3.05) is 24.5 Å². The summed E-state index contributed by atoms with van der Waals surface area (Å²) < 4.78 is 64.9. The van der Waals surface area contributed by atoms with Crippen LogP contribution in [0.5, 0.6) is 0 Å². The van der Waals surface area contributed by atoms with Crippen molar-refractivity contribution in [2.45, 2.75) is 19.5 Å². The Morgan fingerprint density at radius 2 is 1.89 bits per heavy atom. The third-order valence-electron chi connectivity index (χ3n) is 4.53. The molecule has 150 valence electrons. The van der Waals surface area contributed by atoms with E-state index in [0.29, 0.717) is 30.8 Å². The zero-order chi connectivity index (χ0) is 20.5. The van der Waals surface area contributed by atoms with Crippen LogP contribution in [0.3, 0.4) is 0 Å². The number of halogens is 5. The number of anilines is 1. The van der Waals surface area contributed by atoms with Crippen molar-refractivity contribution in [2.24, 2.45) is 5.92 Å². The molecule has 4 nitrogen and oxygen atoms in total. The Morgan fingerprint density at radius 3 is 2.46 bits per heavy atom. The summed E-state index contributed by atoms with van der Waals surface area (Å²) in [5.74, 6) is -2.25. The molecule has 0 bridgehead atoms. The highest BCUT2D eigenvalue weighted by Crippen LogP contribution is 2.37. The van der Waals surface area contributed by atoms with Crippen molar-refractivity contribution in [3.05, 3.63) is 47.8 Å². The highest BCUT2D eigenvalue weighted by atomic mass is 19.4. The molecule has 1 atom stereocenters. The SMILES string of the molecule is CC1CCN(c2c(C(=O)NCC(F)(F)F)cncc2-c2cc(F)cc(F)c2)C1. The van der Waals surface area contributed by atoms with E-state index in [1.165, 1.54) is 12.4 Å². The lowest BCUT2D eigenvalue weighted by atomic mass is 10.0. The molecule has 9 heteroatoms. The molecule has 1 amide bonds. The molecule has 2 aromatic rings. The summed E-state index contributed by atoms with van der Waals surface area (Å²) in [7, 11) is 0. The van der Waals surface area contributed by atoms with Crippen LogP contribution in [0.1, 0.15) is 23.7 Å². The summed E-state index contributed by atoms with van der Waals surface area (Å²) in [5.41, 5.74) is 0.696. The van der Waals surface area contributed by atoms with E-state index in [1.54, 1.807) is 0 Å². The topological polar surface area (TPSA) is 45.2 Å². The zero-order valence-corrected chi connectivity index (χ0v) is 15.0. The van der Waals surface area contributed by atoms with Gasteiger partial charge in [0.05, 0.1) is 11.3 Å². The fourth-order valence-electron chi connectivity index (χ4n) is 3.29. The Hall–Kier alpha value is -2.71. The summed E-state index contributed by atoms with van der Waals surface area (Å²) in [4.78, 5) is 18.2. The molecule has 1 fully saturated rings. The van der Waals surface area contributed by atoms with E-state index in [-0.39, 0.29) is 16.7 Å². The van der Waals surface area contributed by atoms with E-state index in [4.69, 9.17) is 0 Å². The van der Waals surface area contributed by atoms with Crippen LogP contribution in [0.4, 0.5) is 27.6 Å². The van der Waals surface area contributed by atoms with Gasteiger partial charge in [-0.15, -0.1) is 0 Å². The first kappa shape index (κ1) is 20.0. The summed E-state index contributed by atoms with van der Waals surface area (Å²) in [6.07, 6.45) is -1.21. The van der Waals surface area contributed by atoms with Gasteiger partial charge in [0.2, 0.25) is 0 Å². The van der Waals surface area contributed by atoms with Gasteiger partial charge in [-0.2, -0.15) is 13.2 Å². The van der Waals surface area contributed by atoms with Gasteiger partial charge in [0, 0.05) is 37.1 Å². The normalized spacial score (nSPS) is 17.1. The van der Waals surface area contributed by atoms with Crippen molar-refractivity contribution in [3.8, 4) is 11.1 Å². The molecular weight excluding hydrogens is 381 g/mol. The molecule has 0 saturated carbocycles. The summed E-state index contributed by atoms with van der Waals surface area (Å²) in [5, 5.41) is 1.84. The standard InChI is InChI=1S/C19H18F5N3O/c1-11-2-3-27(9-11)17-15(12-4-13(20)6-14(21)5-12)7-25-8-16(17)18(28)26-10-19(22,23)24/h4-8,11H,2-3,9-10H2,1H3,(H,26,28). The zero-order valence-electron chi connectivity index (χ0n) is 15.0. The van der Waals surface area contributed by atoms with E-state index in [9.17, 15) is 26.7 Å². The maximum atomic E-state index is 13.7. The lowest BCUT2D eigenvalue weighted by Crippen LogP contribution is -2.35. The molecular formula is C19H18F5N3O. The van der Waals surface area contributed by atoms with Crippen LogP contribution in [-0.2, 0) is 0 Å². The smallest absolute Gasteiger partial charge is 0.370 e. The van der Waals surface area contributed by atoms with Crippen LogP contribution < -0.4 is 10.2 Å². The molecule has 1 aliphatic heterocycles. The Morgan fingerprint density at radius 1 is 1.21 bits per heavy atom. The van der Waals surface area contributed by atoms with Gasteiger partial charge in [-0.3, -0.25) is 9.78 Å². The molecule has 1 aromatic carbocycles. The number of aromatic nitrogens is 1. The first-order valence-corrected chi connectivity index (χ1v) is 8.68. The molecule has 1 saturated heterocycles. The summed E-state index contributed by atoms with van der Waals surface area (Å²) >= 11 is 0. The number of amides is 1. The number of rotatable bonds is 4. The maximum Gasteiger partial charge on any atom is 0.405 e. The number of hydrogen-bond acceptors (Lipinski definition) is 3. The summed E-state index contributed by atoms with van der Waals surface area (Å²) in [6.45, 7) is 1.65. The van der Waals surface area contributed by atoms with E-state index < -0.39 is 30.3 Å². The second-order valence-corrected chi connectivity index (χ2v) is 6.88. The largest absolute Gasteiger partial charge is 0.405 e. The third-order valence-corrected chi connectivity index (χ3v) is 4.53. The number of nitrogens with one attached hydrogen (secondary N) is 1.